The monoisotopic (exact) mass is 332 g/mol. The van der Waals surface area contributed by atoms with E-state index in [1.54, 1.807) is 11.8 Å². The molecule has 0 saturated carbocycles. The molecule has 0 bridgehead atoms. The Bertz CT molecular complexity index is 617. The molecule has 0 aliphatic carbocycles. The molecule has 8 heteroatoms. The molecule has 0 radical (unpaired) electrons. The van der Waals surface area contributed by atoms with Gasteiger partial charge in [0.05, 0.1) is 18.4 Å². The molecule has 0 aliphatic heterocycles. The first kappa shape index (κ1) is 17.8. The number of nitrogens with zero attached hydrogens (tertiary/aromatic N) is 1. The predicted octanol–water partition coefficient (Wildman–Crippen LogP) is 1.43. The third kappa shape index (κ3) is 3.90. The molecule has 0 fully saturated rings. The van der Waals surface area contributed by atoms with Crippen LogP contribution in [0.1, 0.15) is 17.3 Å². The Kier molecular flexibility index (Phi) is 6.06. The maximum absolute atomic E-state index is 12.5. The van der Waals surface area contributed by atoms with E-state index in [1.807, 2.05) is 13.2 Å². The Morgan fingerprint density at radius 3 is 2.57 bits per heavy atom. The van der Waals surface area contributed by atoms with Crippen LogP contribution in [0.5, 0.6) is 0 Å². The summed E-state index contributed by atoms with van der Waals surface area (Å²) in [6.07, 6.45) is 1.91. The molecule has 0 aliphatic rings. The van der Waals surface area contributed by atoms with Gasteiger partial charge in [-0.1, -0.05) is 0 Å². The van der Waals surface area contributed by atoms with Crippen molar-refractivity contribution < 1.29 is 17.9 Å². The number of benzene rings is 1. The van der Waals surface area contributed by atoms with Gasteiger partial charge in [0.15, 0.2) is 0 Å². The molecular weight excluding hydrogens is 312 g/mol. The summed E-state index contributed by atoms with van der Waals surface area (Å²) < 4.78 is 30.9. The Morgan fingerprint density at radius 2 is 2.10 bits per heavy atom. The van der Waals surface area contributed by atoms with Crippen molar-refractivity contribution >= 4 is 33.4 Å². The summed E-state index contributed by atoms with van der Waals surface area (Å²) in [7, 11) is -0.929. The number of ether oxygens (including phenoxy) is 1. The van der Waals surface area contributed by atoms with Crippen LogP contribution in [-0.4, -0.2) is 50.9 Å². The summed E-state index contributed by atoms with van der Waals surface area (Å²) in [5.74, 6) is 0.116. The van der Waals surface area contributed by atoms with Gasteiger partial charge >= 0.3 is 5.97 Å². The van der Waals surface area contributed by atoms with Crippen LogP contribution < -0.4 is 5.73 Å². The number of rotatable bonds is 6. The molecule has 0 amide bonds. The summed E-state index contributed by atoms with van der Waals surface area (Å²) in [5.41, 5.74) is 6.04. The lowest BCUT2D eigenvalue weighted by molar-refractivity contribution is 0.0600. The lowest BCUT2D eigenvalue weighted by Crippen LogP contribution is -2.36. The molecule has 1 unspecified atom stereocenters. The Morgan fingerprint density at radius 1 is 1.48 bits per heavy atom. The quantitative estimate of drug-likeness (QED) is 0.626. The van der Waals surface area contributed by atoms with Gasteiger partial charge in [-0.15, -0.1) is 0 Å². The number of carbonyl (C=O) groups is 1. The van der Waals surface area contributed by atoms with Crippen molar-refractivity contribution in [3.63, 3.8) is 0 Å². The van der Waals surface area contributed by atoms with Gasteiger partial charge in [0.1, 0.15) is 4.90 Å². The minimum atomic E-state index is -3.70. The molecule has 1 atom stereocenters. The van der Waals surface area contributed by atoms with Gasteiger partial charge in [-0.25, -0.2) is 13.2 Å². The molecule has 21 heavy (non-hydrogen) atoms. The molecule has 1 aromatic carbocycles. The van der Waals surface area contributed by atoms with Crippen molar-refractivity contribution in [1.82, 2.24) is 4.31 Å². The fraction of sp³-hybridized carbons (Fsp3) is 0.462. The van der Waals surface area contributed by atoms with Gasteiger partial charge in [0.2, 0.25) is 10.0 Å². The summed E-state index contributed by atoms with van der Waals surface area (Å²) in [6.45, 7) is 1.83. The van der Waals surface area contributed by atoms with Gasteiger partial charge < -0.3 is 10.5 Å². The fourth-order valence-corrected chi connectivity index (χ4v) is 4.02. The molecule has 0 spiro atoms. The average Bonchev–Trinajstić information content (AvgIpc) is 2.45. The van der Waals surface area contributed by atoms with Crippen LogP contribution in [0.2, 0.25) is 0 Å². The highest BCUT2D eigenvalue weighted by atomic mass is 32.2. The van der Waals surface area contributed by atoms with Crippen molar-refractivity contribution in [2.75, 3.05) is 31.9 Å². The zero-order valence-electron chi connectivity index (χ0n) is 12.5. The largest absolute Gasteiger partial charge is 0.465 e. The molecular formula is C13H20N2O4S2. The summed E-state index contributed by atoms with van der Waals surface area (Å²) >= 11 is 1.56. The zero-order valence-corrected chi connectivity index (χ0v) is 14.1. The van der Waals surface area contributed by atoms with E-state index in [2.05, 4.69) is 4.74 Å². The number of nitrogens with two attached hydrogens (primary N) is 1. The summed E-state index contributed by atoms with van der Waals surface area (Å²) in [5, 5.41) is 0. The minimum Gasteiger partial charge on any atom is -0.465 e. The van der Waals surface area contributed by atoms with Crippen molar-refractivity contribution in [3.05, 3.63) is 23.8 Å². The normalized spacial score (nSPS) is 13.2. The second-order valence-electron chi connectivity index (χ2n) is 4.57. The van der Waals surface area contributed by atoms with Gasteiger partial charge in [-0.05, 0) is 31.4 Å². The van der Waals surface area contributed by atoms with E-state index in [0.29, 0.717) is 5.75 Å². The van der Waals surface area contributed by atoms with Crippen LogP contribution in [0, 0.1) is 0 Å². The van der Waals surface area contributed by atoms with Crippen molar-refractivity contribution in [2.45, 2.75) is 17.9 Å². The van der Waals surface area contributed by atoms with Crippen LogP contribution >= 0.6 is 11.8 Å². The van der Waals surface area contributed by atoms with Crippen LogP contribution in [-0.2, 0) is 14.8 Å². The van der Waals surface area contributed by atoms with Crippen molar-refractivity contribution in [3.8, 4) is 0 Å². The Balaban J connectivity index is 3.18. The van der Waals surface area contributed by atoms with E-state index in [4.69, 9.17) is 5.73 Å². The van der Waals surface area contributed by atoms with Crippen LogP contribution in [0.3, 0.4) is 0 Å². The second-order valence-corrected chi connectivity index (χ2v) is 7.45. The third-order valence-corrected chi connectivity index (χ3v) is 5.98. The number of carbonyl (C=O) groups excluding carboxylic acids is 1. The summed E-state index contributed by atoms with van der Waals surface area (Å²) in [4.78, 5) is 11.4. The smallest absolute Gasteiger partial charge is 0.337 e. The maximum atomic E-state index is 12.5. The van der Waals surface area contributed by atoms with E-state index in [9.17, 15) is 13.2 Å². The maximum Gasteiger partial charge on any atom is 0.337 e. The highest BCUT2D eigenvalue weighted by molar-refractivity contribution is 7.98. The first-order valence-electron chi connectivity index (χ1n) is 6.20. The first-order chi connectivity index (χ1) is 9.75. The molecule has 0 heterocycles. The third-order valence-electron chi connectivity index (χ3n) is 3.12. The predicted molar refractivity (Wildman–Crippen MR) is 85.0 cm³/mol. The SMILES string of the molecule is COC(=O)c1ccc(S(=O)(=O)N(C)C(C)CSC)c(N)c1. The second kappa shape index (κ2) is 7.15. The molecule has 6 nitrogen and oxygen atoms in total. The van der Waals surface area contributed by atoms with E-state index < -0.39 is 16.0 Å². The average molecular weight is 332 g/mol. The van der Waals surface area contributed by atoms with Gasteiger partial charge in [0.25, 0.3) is 0 Å². The van der Waals surface area contributed by atoms with Crippen molar-refractivity contribution in [1.29, 1.82) is 0 Å². The lowest BCUT2D eigenvalue weighted by Gasteiger charge is -2.24. The van der Waals surface area contributed by atoms with Gasteiger partial charge in [0, 0.05) is 18.8 Å². The molecule has 0 saturated heterocycles. The standard InChI is InChI=1S/C13H20N2O4S2/c1-9(8-20-4)15(2)21(17,18)12-6-5-10(7-11(12)14)13(16)19-3/h5-7,9H,8,14H2,1-4H3. The number of thioether (sulfide) groups is 1. The fourth-order valence-electron chi connectivity index (χ4n) is 1.77. The zero-order chi connectivity index (χ0) is 16.2. The summed E-state index contributed by atoms with van der Waals surface area (Å²) in [6, 6.07) is 3.87. The van der Waals surface area contributed by atoms with Crippen molar-refractivity contribution in [2.24, 2.45) is 0 Å². The molecule has 0 aromatic heterocycles. The van der Waals surface area contributed by atoms with E-state index in [0.717, 1.165) is 0 Å². The number of hydrogen-bond acceptors (Lipinski definition) is 6. The van der Waals surface area contributed by atoms with Crippen LogP contribution in [0.25, 0.3) is 0 Å². The van der Waals surface area contributed by atoms with Crippen LogP contribution in [0.15, 0.2) is 23.1 Å². The van der Waals surface area contributed by atoms with Gasteiger partial charge in [-0.2, -0.15) is 16.1 Å². The lowest BCUT2D eigenvalue weighted by atomic mass is 10.2. The topological polar surface area (TPSA) is 89.7 Å². The first-order valence-corrected chi connectivity index (χ1v) is 9.04. The Hall–Kier alpha value is -1.25. The number of sulfonamides is 1. The number of esters is 1. The molecule has 2 N–H and O–H groups in total. The molecule has 1 rings (SSSR count). The van der Waals surface area contributed by atoms with Crippen LogP contribution in [0.4, 0.5) is 5.69 Å². The van der Waals surface area contributed by atoms with Gasteiger partial charge in [-0.3, -0.25) is 0 Å². The number of hydrogen-bond donors (Lipinski definition) is 1. The van der Waals surface area contributed by atoms with E-state index in [-0.39, 0.29) is 22.2 Å². The van der Waals surface area contributed by atoms with E-state index in [1.165, 1.54) is 36.7 Å². The number of nitrogen functional groups attached to an aromatic ring is 1. The Labute approximate surface area is 129 Å². The minimum absolute atomic E-state index is 0.00870. The molecule has 1 aromatic rings. The highest BCUT2D eigenvalue weighted by Crippen LogP contribution is 2.25. The number of methoxy groups -OCH3 is 1. The number of anilines is 1. The highest BCUT2D eigenvalue weighted by Gasteiger charge is 2.27. The molecule has 118 valence electrons. The van der Waals surface area contributed by atoms with E-state index >= 15 is 0 Å².